The van der Waals surface area contributed by atoms with Crippen molar-refractivity contribution in [2.45, 2.75) is 19.3 Å². The van der Waals surface area contributed by atoms with Gasteiger partial charge in [-0.3, -0.25) is 14.9 Å². The Morgan fingerprint density at radius 1 is 1.32 bits per heavy atom. The summed E-state index contributed by atoms with van der Waals surface area (Å²) in [4.78, 5) is 22.0. The molecule has 5 nitrogen and oxygen atoms in total. The fourth-order valence-electron chi connectivity index (χ4n) is 1.51. The molecule has 1 N–H and O–H groups in total. The van der Waals surface area contributed by atoms with E-state index in [9.17, 15) is 14.9 Å². The number of nitrogens with one attached hydrogen (secondary N) is 1. The number of nitro groups is 1. The van der Waals surface area contributed by atoms with E-state index in [0.717, 1.165) is 23.7 Å². The van der Waals surface area contributed by atoms with Crippen molar-refractivity contribution in [2.75, 3.05) is 11.0 Å². The Morgan fingerprint density at radius 2 is 2.05 bits per heavy atom. The summed E-state index contributed by atoms with van der Waals surface area (Å²) < 4.78 is 1.64. The summed E-state index contributed by atoms with van der Waals surface area (Å²) in [7, 11) is 0. The highest BCUT2D eigenvalue weighted by molar-refractivity contribution is 14.1. The number of carbonyl (C=O) groups excluding carboxylic acids is 1. The molecule has 0 bridgehead atoms. The minimum Gasteiger partial charge on any atom is -0.352 e. The second-order valence-electron chi connectivity index (χ2n) is 3.96. The summed E-state index contributed by atoms with van der Waals surface area (Å²) in [5, 5.41) is 13.5. The molecule has 0 heterocycles. The average Bonchev–Trinajstić information content (AvgIpc) is 2.37. The summed E-state index contributed by atoms with van der Waals surface area (Å²) in [6, 6.07) is 4.23. The highest BCUT2D eigenvalue weighted by Crippen LogP contribution is 2.21. The molecule has 0 fully saturated rings. The van der Waals surface area contributed by atoms with Gasteiger partial charge in [0.15, 0.2) is 0 Å². The zero-order valence-electron chi connectivity index (χ0n) is 10.2. The number of nitrogens with zero attached hydrogens (tertiary/aromatic N) is 1. The predicted octanol–water partition coefficient (Wildman–Crippen LogP) is 3.69. The van der Waals surface area contributed by atoms with Crippen molar-refractivity contribution in [3.63, 3.8) is 0 Å². The third-order valence-electron chi connectivity index (χ3n) is 2.45. The zero-order valence-corrected chi connectivity index (χ0v) is 13.9. The molecule has 0 saturated carbocycles. The number of carbonyl (C=O) groups is 1. The second-order valence-corrected chi connectivity index (χ2v) is 5.96. The maximum atomic E-state index is 11.8. The van der Waals surface area contributed by atoms with Crippen molar-refractivity contribution in [3.05, 3.63) is 38.3 Å². The van der Waals surface area contributed by atoms with E-state index in [1.165, 1.54) is 12.1 Å². The fraction of sp³-hybridized carbons (Fsp3) is 0.417. The minimum atomic E-state index is -0.512. The first-order valence-electron chi connectivity index (χ1n) is 5.83. The molecule has 0 unspecified atom stereocenters. The van der Waals surface area contributed by atoms with Gasteiger partial charge < -0.3 is 5.32 Å². The molecule has 0 spiro atoms. The van der Waals surface area contributed by atoms with Crippen molar-refractivity contribution in [2.24, 2.45) is 0 Å². The predicted molar refractivity (Wildman–Crippen MR) is 85.9 cm³/mol. The van der Waals surface area contributed by atoms with Crippen LogP contribution in [0.1, 0.15) is 29.6 Å². The topological polar surface area (TPSA) is 72.2 Å². The number of rotatable bonds is 7. The molecule has 0 aliphatic carbocycles. The molecule has 1 amide bonds. The van der Waals surface area contributed by atoms with Gasteiger partial charge in [0.25, 0.3) is 11.6 Å². The van der Waals surface area contributed by atoms with Crippen molar-refractivity contribution in [1.82, 2.24) is 5.32 Å². The quantitative estimate of drug-likeness (QED) is 0.231. The van der Waals surface area contributed by atoms with Crippen LogP contribution in [-0.4, -0.2) is 21.8 Å². The molecular formula is C12H14BrIN2O3. The summed E-state index contributed by atoms with van der Waals surface area (Å²) in [6.07, 6.45) is 3.13. The Hall–Kier alpha value is -0.700. The van der Waals surface area contributed by atoms with Gasteiger partial charge in [0.1, 0.15) is 0 Å². The Morgan fingerprint density at radius 3 is 2.68 bits per heavy atom. The van der Waals surface area contributed by atoms with Gasteiger partial charge in [-0.1, -0.05) is 44.9 Å². The van der Waals surface area contributed by atoms with Crippen LogP contribution in [0.2, 0.25) is 0 Å². The van der Waals surface area contributed by atoms with Crippen LogP contribution >= 0.6 is 38.5 Å². The van der Waals surface area contributed by atoms with Crippen LogP contribution in [0.3, 0.4) is 0 Å². The third kappa shape index (κ3) is 5.85. The van der Waals surface area contributed by atoms with Crippen LogP contribution in [0.5, 0.6) is 0 Å². The van der Waals surface area contributed by atoms with E-state index in [4.69, 9.17) is 0 Å². The molecule has 0 aliphatic heterocycles. The van der Waals surface area contributed by atoms with Gasteiger partial charge in [0.05, 0.1) is 4.92 Å². The Kier molecular flexibility index (Phi) is 7.29. The lowest BCUT2D eigenvalue weighted by atomic mass is 10.2. The number of non-ortho nitro benzene ring substituents is 1. The first kappa shape index (κ1) is 16.4. The molecule has 104 valence electrons. The maximum absolute atomic E-state index is 11.8. The molecule has 1 aromatic rings. The molecule has 19 heavy (non-hydrogen) atoms. The average molecular weight is 441 g/mol. The van der Waals surface area contributed by atoms with Gasteiger partial charge in [-0.15, -0.1) is 0 Å². The number of hydrogen-bond acceptors (Lipinski definition) is 3. The number of halogens is 2. The van der Waals surface area contributed by atoms with E-state index in [-0.39, 0.29) is 11.6 Å². The van der Waals surface area contributed by atoms with E-state index in [1.807, 2.05) is 0 Å². The van der Waals surface area contributed by atoms with E-state index >= 15 is 0 Å². The Labute approximate surface area is 133 Å². The van der Waals surface area contributed by atoms with E-state index in [2.05, 4.69) is 43.8 Å². The van der Waals surface area contributed by atoms with Crippen LogP contribution in [0.25, 0.3) is 0 Å². The van der Waals surface area contributed by atoms with Gasteiger partial charge in [0, 0.05) is 28.7 Å². The second kappa shape index (κ2) is 8.47. The third-order valence-corrected chi connectivity index (χ3v) is 3.67. The van der Waals surface area contributed by atoms with E-state index < -0.39 is 4.92 Å². The SMILES string of the molecule is O=C(NCCCCCI)c1cc(Br)cc([N+](=O)[O-])c1. The first-order chi connectivity index (χ1) is 9.04. The van der Waals surface area contributed by atoms with Gasteiger partial charge in [0.2, 0.25) is 0 Å². The zero-order chi connectivity index (χ0) is 14.3. The van der Waals surface area contributed by atoms with Gasteiger partial charge in [-0.25, -0.2) is 0 Å². The lowest BCUT2D eigenvalue weighted by molar-refractivity contribution is -0.385. The molecule has 1 rings (SSSR count). The van der Waals surface area contributed by atoms with Crippen LogP contribution in [0.4, 0.5) is 5.69 Å². The van der Waals surface area contributed by atoms with Gasteiger partial charge in [-0.05, 0) is 23.3 Å². The monoisotopic (exact) mass is 440 g/mol. The lowest BCUT2D eigenvalue weighted by Gasteiger charge is -2.05. The van der Waals surface area contributed by atoms with E-state index in [0.29, 0.717) is 16.6 Å². The van der Waals surface area contributed by atoms with Crippen LogP contribution in [-0.2, 0) is 0 Å². The molecule has 0 saturated heterocycles. The standard InChI is InChI=1S/C12H14BrIN2O3/c13-10-6-9(7-11(8-10)16(18)19)12(17)15-5-3-1-2-4-14/h6-8H,1-5H2,(H,15,17). The number of amides is 1. The van der Waals surface area contributed by atoms with Crippen molar-refractivity contribution in [3.8, 4) is 0 Å². The molecule has 0 atom stereocenters. The number of nitro benzene ring substituents is 1. The van der Waals surface area contributed by atoms with Crippen molar-refractivity contribution < 1.29 is 9.72 Å². The summed E-state index contributed by atoms with van der Waals surface area (Å²) in [5.41, 5.74) is 0.208. The van der Waals surface area contributed by atoms with Crippen LogP contribution in [0, 0.1) is 10.1 Å². The molecule has 7 heteroatoms. The van der Waals surface area contributed by atoms with E-state index in [1.54, 1.807) is 6.07 Å². The molecule has 1 aromatic carbocycles. The molecule has 0 aliphatic rings. The molecular weight excluding hydrogens is 427 g/mol. The molecule has 0 radical (unpaired) electrons. The normalized spacial score (nSPS) is 10.2. The van der Waals surface area contributed by atoms with Crippen LogP contribution in [0.15, 0.2) is 22.7 Å². The highest BCUT2D eigenvalue weighted by Gasteiger charge is 2.13. The fourth-order valence-corrected chi connectivity index (χ4v) is 2.53. The summed E-state index contributed by atoms with van der Waals surface area (Å²) in [6.45, 7) is 0.593. The first-order valence-corrected chi connectivity index (χ1v) is 8.15. The Balaban J connectivity index is 2.59. The summed E-state index contributed by atoms with van der Waals surface area (Å²) in [5.74, 6) is -0.279. The number of unbranched alkanes of at least 4 members (excludes halogenated alkanes) is 2. The smallest absolute Gasteiger partial charge is 0.271 e. The number of alkyl halides is 1. The van der Waals surface area contributed by atoms with Gasteiger partial charge >= 0.3 is 0 Å². The summed E-state index contributed by atoms with van der Waals surface area (Å²) >= 11 is 5.49. The lowest BCUT2D eigenvalue weighted by Crippen LogP contribution is -2.24. The van der Waals surface area contributed by atoms with Crippen molar-refractivity contribution >= 4 is 50.1 Å². The number of benzene rings is 1. The molecule has 0 aromatic heterocycles. The van der Waals surface area contributed by atoms with Gasteiger partial charge in [-0.2, -0.15) is 0 Å². The Bertz CT molecular complexity index is 468. The number of hydrogen-bond donors (Lipinski definition) is 1. The maximum Gasteiger partial charge on any atom is 0.271 e. The van der Waals surface area contributed by atoms with Crippen molar-refractivity contribution in [1.29, 1.82) is 0 Å². The minimum absolute atomic E-state index is 0.0931. The largest absolute Gasteiger partial charge is 0.352 e. The van der Waals surface area contributed by atoms with Crippen LogP contribution < -0.4 is 5.32 Å². The highest BCUT2D eigenvalue weighted by atomic mass is 127.